The normalized spacial score (nSPS) is 11.0. The van der Waals surface area contributed by atoms with E-state index in [4.69, 9.17) is 18.9 Å². The van der Waals surface area contributed by atoms with Gasteiger partial charge in [-0.3, -0.25) is 10.1 Å². The molecule has 180 valence electrons. The maximum atomic E-state index is 13.2. The first kappa shape index (κ1) is 26.0. The van der Waals surface area contributed by atoms with Crippen LogP contribution in [0.15, 0.2) is 49.1 Å². The van der Waals surface area contributed by atoms with E-state index in [1.807, 2.05) is 0 Å². The minimum absolute atomic E-state index is 0.0778. The number of esters is 1. The topological polar surface area (TPSA) is 103 Å². The van der Waals surface area contributed by atoms with E-state index in [1.54, 1.807) is 43.3 Å². The molecule has 0 aliphatic rings. The van der Waals surface area contributed by atoms with Gasteiger partial charge in [-0.05, 0) is 36.2 Å². The number of hydrogen-bond donors (Lipinski definition) is 1. The van der Waals surface area contributed by atoms with Gasteiger partial charge in [-0.2, -0.15) is 0 Å². The third kappa shape index (κ3) is 5.55. The molecule has 0 fully saturated rings. The average molecular weight is 469 g/mol. The standard InChI is InChI=1S/C25H28N2O7/c1-7-12-27(15-28)23(17-10-8-9-11-19(17)26-25(30)34-6)22(24(29)33-5)18-14-21(32-4)20(31-3)13-16(18)2/h7-11,13-15H,1,12H2,2-6H3,(H,26,30)/b23-22+. The number of aryl methyl sites for hydroxylation is 1. The number of carbonyl (C=O) groups excluding carboxylic acids is 3. The van der Waals surface area contributed by atoms with Gasteiger partial charge in [0.15, 0.2) is 11.5 Å². The van der Waals surface area contributed by atoms with Crippen LogP contribution in [0.5, 0.6) is 11.5 Å². The fourth-order valence-corrected chi connectivity index (χ4v) is 3.40. The van der Waals surface area contributed by atoms with Crippen molar-refractivity contribution in [2.24, 2.45) is 0 Å². The number of ether oxygens (including phenoxy) is 4. The Morgan fingerprint density at radius 3 is 2.21 bits per heavy atom. The Labute approximate surface area is 198 Å². The number of nitrogens with zero attached hydrogens (tertiary/aromatic N) is 1. The van der Waals surface area contributed by atoms with Crippen LogP contribution in [0.2, 0.25) is 0 Å². The molecule has 2 amide bonds. The highest BCUT2D eigenvalue weighted by atomic mass is 16.5. The zero-order chi connectivity index (χ0) is 25.3. The van der Waals surface area contributed by atoms with Crippen LogP contribution in [0, 0.1) is 6.92 Å². The molecule has 2 rings (SSSR count). The monoisotopic (exact) mass is 468 g/mol. The zero-order valence-electron chi connectivity index (χ0n) is 19.8. The van der Waals surface area contributed by atoms with E-state index in [9.17, 15) is 14.4 Å². The maximum absolute atomic E-state index is 13.2. The summed E-state index contributed by atoms with van der Waals surface area (Å²) in [5, 5.41) is 2.62. The van der Waals surface area contributed by atoms with Crippen molar-refractivity contribution in [3.8, 4) is 11.5 Å². The molecular formula is C25H28N2O7. The molecule has 0 saturated heterocycles. The van der Waals surface area contributed by atoms with E-state index in [0.29, 0.717) is 40.3 Å². The van der Waals surface area contributed by atoms with Crippen LogP contribution in [0.4, 0.5) is 10.5 Å². The summed E-state index contributed by atoms with van der Waals surface area (Å²) in [5.41, 5.74) is 2.09. The highest BCUT2D eigenvalue weighted by Gasteiger charge is 2.28. The highest BCUT2D eigenvalue weighted by molar-refractivity contribution is 6.26. The van der Waals surface area contributed by atoms with E-state index in [0.717, 1.165) is 0 Å². The van der Waals surface area contributed by atoms with Crippen molar-refractivity contribution in [3.05, 3.63) is 65.7 Å². The van der Waals surface area contributed by atoms with Gasteiger partial charge >= 0.3 is 12.1 Å². The van der Waals surface area contributed by atoms with E-state index >= 15 is 0 Å². The van der Waals surface area contributed by atoms with E-state index < -0.39 is 12.1 Å². The molecule has 0 unspecified atom stereocenters. The second-order valence-electron chi connectivity index (χ2n) is 6.95. The molecule has 0 aliphatic carbocycles. The van der Waals surface area contributed by atoms with Crippen LogP contribution < -0.4 is 14.8 Å². The number of rotatable bonds is 10. The van der Waals surface area contributed by atoms with Gasteiger partial charge in [0.05, 0.1) is 45.4 Å². The minimum atomic E-state index is -0.713. The summed E-state index contributed by atoms with van der Waals surface area (Å²) in [6.07, 6.45) is 1.38. The van der Waals surface area contributed by atoms with Crippen LogP contribution in [-0.4, -0.2) is 58.4 Å². The van der Waals surface area contributed by atoms with Gasteiger partial charge in [0, 0.05) is 12.1 Å². The fourth-order valence-electron chi connectivity index (χ4n) is 3.40. The Balaban J connectivity index is 3.03. The van der Waals surface area contributed by atoms with Gasteiger partial charge in [0.2, 0.25) is 6.41 Å². The summed E-state index contributed by atoms with van der Waals surface area (Å²) in [7, 11) is 5.46. The van der Waals surface area contributed by atoms with Gasteiger partial charge in [0.1, 0.15) is 0 Å². The number of para-hydroxylation sites is 1. The molecule has 0 saturated carbocycles. The second kappa shape index (κ2) is 12.1. The van der Waals surface area contributed by atoms with Crippen LogP contribution in [-0.2, 0) is 19.1 Å². The zero-order valence-corrected chi connectivity index (χ0v) is 19.8. The predicted octanol–water partition coefficient (Wildman–Crippen LogP) is 3.88. The van der Waals surface area contributed by atoms with Gasteiger partial charge in [0.25, 0.3) is 0 Å². The Morgan fingerprint density at radius 1 is 1.00 bits per heavy atom. The Hall–Kier alpha value is -4.27. The molecule has 0 aromatic heterocycles. The van der Waals surface area contributed by atoms with Crippen LogP contribution in [0.3, 0.4) is 0 Å². The number of carbonyl (C=O) groups is 3. The van der Waals surface area contributed by atoms with E-state index in [-0.39, 0.29) is 17.8 Å². The second-order valence-corrected chi connectivity index (χ2v) is 6.95. The SMILES string of the molecule is C=CCN(C=O)/C(=C(/C(=O)OC)c1cc(OC)c(OC)cc1C)c1ccccc1NC(=O)OC. The molecule has 9 nitrogen and oxygen atoms in total. The van der Waals surface area contributed by atoms with Crippen molar-refractivity contribution in [1.82, 2.24) is 4.90 Å². The minimum Gasteiger partial charge on any atom is -0.493 e. The number of methoxy groups -OCH3 is 4. The molecule has 9 heteroatoms. The summed E-state index contributed by atoms with van der Waals surface area (Å²) in [6, 6.07) is 10.0. The lowest BCUT2D eigenvalue weighted by molar-refractivity contribution is -0.133. The number of amides is 2. The van der Waals surface area contributed by atoms with Crippen molar-refractivity contribution in [2.75, 3.05) is 40.3 Å². The lowest BCUT2D eigenvalue weighted by atomic mass is 9.93. The fraction of sp³-hybridized carbons (Fsp3) is 0.240. The summed E-state index contributed by atoms with van der Waals surface area (Å²) in [5.74, 6) is 0.154. The van der Waals surface area contributed by atoms with Crippen molar-refractivity contribution in [3.63, 3.8) is 0 Å². The third-order valence-electron chi connectivity index (χ3n) is 4.97. The molecule has 0 atom stereocenters. The van der Waals surface area contributed by atoms with Gasteiger partial charge < -0.3 is 23.8 Å². The molecule has 34 heavy (non-hydrogen) atoms. The van der Waals surface area contributed by atoms with Gasteiger partial charge in [-0.1, -0.05) is 24.3 Å². The quantitative estimate of drug-likeness (QED) is 0.186. The summed E-state index contributed by atoms with van der Waals surface area (Å²) >= 11 is 0. The highest BCUT2D eigenvalue weighted by Crippen LogP contribution is 2.39. The molecule has 1 N–H and O–H groups in total. The first-order valence-electron chi connectivity index (χ1n) is 10.2. The largest absolute Gasteiger partial charge is 0.493 e. The molecule has 0 aliphatic heterocycles. The van der Waals surface area contributed by atoms with E-state index in [1.165, 1.54) is 39.4 Å². The molecule has 0 heterocycles. The Kier molecular flexibility index (Phi) is 9.25. The molecular weight excluding hydrogens is 440 g/mol. The Bertz CT molecular complexity index is 1110. The molecule has 0 radical (unpaired) electrons. The van der Waals surface area contributed by atoms with Crippen molar-refractivity contribution < 1.29 is 33.3 Å². The summed E-state index contributed by atoms with van der Waals surface area (Å²) in [6.45, 7) is 5.58. The molecule has 0 spiro atoms. The van der Waals surface area contributed by atoms with Crippen molar-refractivity contribution >= 4 is 35.4 Å². The maximum Gasteiger partial charge on any atom is 0.411 e. The van der Waals surface area contributed by atoms with Gasteiger partial charge in [-0.15, -0.1) is 6.58 Å². The number of hydrogen-bond acceptors (Lipinski definition) is 7. The van der Waals surface area contributed by atoms with Crippen molar-refractivity contribution in [1.29, 1.82) is 0 Å². The average Bonchev–Trinajstić information content (AvgIpc) is 2.86. The van der Waals surface area contributed by atoms with Crippen molar-refractivity contribution in [2.45, 2.75) is 6.92 Å². The first-order chi connectivity index (χ1) is 16.4. The summed E-state index contributed by atoms with van der Waals surface area (Å²) in [4.78, 5) is 38.7. The number of benzene rings is 2. The van der Waals surface area contributed by atoms with Crippen LogP contribution in [0.25, 0.3) is 11.3 Å². The third-order valence-corrected chi connectivity index (χ3v) is 4.97. The van der Waals surface area contributed by atoms with Gasteiger partial charge in [-0.25, -0.2) is 9.59 Å². The number of nitrogens with one attached hydrogen (secondary N) is 1. The lowest BCUT2D eigenvalue weighted by Crippen LogP contribution is -2.25. The Morgan fingerprint density at radius 2 is 1.65 bits per heavy atom. The first-order valence-corrected chi connectivity index (χ1v) is 10.2. The lowest BCUT2D eigenvalue weighted by Gasteiger charge is -2.26. The number of anilines is 1. The molecule has 0 bridgehead atoms. The van der Waals surface area contributed by atoms with Crippen LogP contribution >= 0.6 is 0 Å². The van der Waals surface area contributed by atoms with Crippen LogP contribution in [0.1, 0.15) is 16.7 Å². The smallest absolute Gasteiger partial charge is 0.411 e. The predicted molar refractivity (Wildman–Crippen MR) is 129 cm³/mol. The summed E-state index contributed by atoms with van der Waals surface area (Å²) < 4.78 is 20.6. The molecule has 2 aromatic rings. The molecule has 2 aromatic carbocycles. The van der Waals surface area contributed by atoms with E-state index in [2.05, 4.69) is 11.9 Å².